The number of para-hydroxylation sites is 4. The van der Waals surface area contributed by atoms with Gasteiger partial charge in [-0.15, -0.1) is 0 Å². The van der Waals surface area contributed by atoms with Crippen LogP contribution in [0.25, 0.3) is 34.2 Å². The van der Waals surface area contributed by atoms with E-state index in [9.17, 15) is 11.5 Å². The predicted octanol–water partition coefficient (Wildman–Crippen LogP) is 16.9. The third-order valence-corrected chi connectivity index (χ3v) is 12.0. The van der Waals surface area contributed by atoms with Crippen molar-refractivity contribution in [3.8, 4) is 22.7 Å². The molecule has 2 N–H and O–H groups in total. The van der Waals surface area contributed by atoms with Gasteiger partial charge in [0.25, 0.3) is 0 Å². The molecule has 0 saturated carbocycles. The summed E-state index contributed by atoms with van der Waals surface area (Å²) in [7, 11) is 9.78. The molecule has 338 valence electrons. The van der Waals surface area contributed by atoms with Gasteiger partial charge in [0, 0.05) is 24.8 Å². The SMILES string of the molecule is CC(C)c1cccc(C(C)C)c1-n1cc[n+](-c2c(C(C)C)cccc2C(C)C)c1[NH-].CC(C)c1cccc(C(C)C)c1-n1cc[n+](-c2c(C(C)C)cccc2C(C)C)c1[NH-].[Cl][Ge][Cl]. The Balaban J connectivity index is 0.000000260. The third kappa shape index (κ3) is 11.5. The quantitative estimate of drug-likeness (QED) is 0.0867. The van der Waals surface area contributed by atoms with Crippen LogP contribution in [0.2, 0.25) is 0 Å². The number of benzene rings is 4. The summed E-state index contributed by atoms with van der Waals surface area (Å²) in [4.78, 5) is 0. The Morgan fingerprint density at radius 2 is 0.571 bits per heavy atom. The fourth-order valence-corrected chi connectivity index (χ4v) is 8.66. The number of nitrogens with one attached hydrogen (secondary N) is 2. The Morgan fingerprint density at radius 1 is 0.381 bits per heavy atom. The first-order chi connectivity index (χ1) is 29.7. The molecule has 4 aromatic carbocycles. The molecule has 6 aromatic rings. The van der Waals surface area contributed by atoms with E-state index >= 15 is 0 Å². The van der Waals surface area contributed by atoms with Gasteiger partial charge in [0.2, 0.25) is 11.9 Å². The second-order valence-corrected chi connectivity index (χ2v) is 22.4. The van der Waals surface area contributed by atoms with Crippen LogP contribution < -0.4 is 9.13 Å². The molecule has 9 heteroatoms. The summed E-state index contributed by atoms with van der Waals surface area (Å²) in [5.74, 6) is 4.13. The summed E-state index contributed by atoms with van der Waals surface area (Å²) in [6.07, 6.45) is 8.26. The second kappa shape index (κ2) is 22.8. The van der Waals surface area contributed by atoms with E-state index < -0.39 is 13.6 Å². The van der Waals surface area contributed by atoms with Gasteiger partial charge in [0.1, 0.15) is 0 Å². The summed E-state index contributed by atoms with van der Waals surface area (Å²) in [6, 6.07) is 26.3. The molecule has 6 nitrogen and oxygen atoms in total. The normalized spacial score (nSPS) is 11.7. The van der Waals surface area contributed by atoms with Crippen LogP contribution in [-0.4, -0.2) is 22.7 Å². The van der Waals surface area contributed by atoms with Gasteiger partial charge >= 0.3 is 33.6 Å². The van der Waals surface area contributed by atoms with Gasteiger partial charge in [-0.05, 0) is 91.9 Å². The average Bonchev–Trinajstić information content (AvgIpc) is 3.80. The molecule has 0 aliphatic carbocycles. The summed E-state index contributed by atoms with van der Waals surface area (Å²) in [5.41, 5.74) is 33.3. The van der Waals surface area contributed by atoms with Crippen LogP contribution in [0.5, 0.6) is 0 Å². The first-order valence-electron chi connectivity index (χ1n) is 22.9. The van der Waals surface area contributed by atoms with Crippen LogP contribution in [0, 0.1) is 0 Å². The van der Waals surface area contributed by atoms with Crippen LogP contribution in [0.4, 0.5) is 11.9 Å². The summed E-state index contributed by atoms with van der Waals surface area (Å²) >= 11 is -0.556. The molecule has 0 bridgehead atoms. The molecule has 0 fully saturated rings. The van der Waals surface area contributed by atoms with Gasteiger partial charge in [-0.1, -0.05) is 184 Å². The molecule has 0 atom stereocenters. The molecule has 0 unspecified atom stereocenters. The molecule has 0 amide bonds. The van der Waals surface area contributed by atoms with Crippen molar-refractivity contribution < 1.29 is 9.13 Å². The Hall–Kier alpha value is -3.98. The van der Waals surface area contributed by atoms with E-state index in [1.54, 1.807) is 0 Å². The molecule has 0 aliphatic rings. The monoisotopic (exact) mass is 950 g/mol. The number of hydrogen-bond acceptors (Lipinski definition) is 0. The number of rotatable bonds is 12. The van der Waals surface area contributed by atoms with E-state index in [0.717, 1.165) is 0 Å². The van der Waals surface area contributed by atoms with Gasteiger partial charge in [-0.3, -0.25) is 29.7 Å². The van der Waals surface area contributed by atoms with Gasteiger partial charge in [-0.2, -0.15) is 0 Å². The van der Waals surface area contributed by atoms with Crippen molar-refractivity contribution in [2.24, 2.45) is 0 Å². The Bertz CT molecular complexity index is 1980. The van der Waals surface area contributed by atoms with Gasteiger partial charge < -0.3 is 0 Å². The number of halogens is 2. The van der Waals surface area contributed by atoms with Crippen LogP contribution >= 0.6 is 20.0 Å². The third-order valence-electron chi connectivity index (χ3n) is 12.0. The zero-order valence-electron chi connectivity index (χ0n) is 40.9. The molecule has 2 radical (unpaired) electrons. The van der Waals surface area contributed by atoms with Crippen molar-refractivity contribution in [3.05, 3.63) is 154 Å². The number of nitrogens with zero attached hydrogens (tertiary/aromatic N) is 4. The Labute approximate surface area is 395 Å². The number of aromatic nitrogens is 4. The zero-order chi connectivity index (χ0) is 47.0. The van der Waals surface area contributed by atoms with Crippen molar-refractivity contribution in [1.29, 1.82) is 0 Å². The van der Waals surface area contributed by atoms with Crippen LogP contribution in [0.15, 0.2) is 97.6 Å². The average molecular weight is 951 g/mol. The molecular formula is C54H74Cl2GeN6. The number of imidazole rings is 2. The maximum atomic E-state index is 9.18. The van der Waals surface area contributed by atoms with Crippen molar-refractivity contribution in [1.82, 2.24) is 9.13 Å². The predicted molar refractivity (Wildman–Crippen MR) is 273 cm³/mol. The van der Waals surface area contributed by atoms with Crippen LogP contribution in [0.1, 0.15) is 203 Å². The van der Waals surface area contributed by atoms with E-state index in [2.05, 4.69) is 227 Å². The topological polar surface area (TPSA) is 65.2 Å². The zero-order valence-corrected chi connectivity index (χ0v) is 44.5. The van der Waals surface area contributed by atoms with E-state index in [0.29, 0.717) is 59.2 Å². The molecule has 2 aromatic heterocycles. The summed E-state index contributed by atoms with van der Waals surface area (Å²) < 4.78 is 8.30. The first-order valence-corrected chi connectivity index (χ1v) is 28.4. The molecule has 2 heterocycles. The minimum absolute atomic E-state index is 0.392. The molecule has 63 heavy (non-hydrogen) atoms. The van der Waals surface area contributed by atoms with Crippen LogP contribution in [-0.2, 0) is 0 Å². The van der Waals surface area contributed by atoms with E-state index in [1.165, 1.54) is 67.3 Å². The van der Waals surface area contributed by atoms with Gasteiger partial charge in [-0.25, -0.2) is 0 Å². The summed E-state index contributed by atoms with van der Waals surface area (Å²) in [6.45, 7) is 35.7. The molecule has 0 spiro atoms. The number of hydrogen-bond donors (Lipinski definition) is 0. The van der Waals surface area contributed by atoms with Gasteiger partial charge in [0.05, 0.1) is 22.7 Å². The molecule has 6 rings (SSSR count). The van der Waals surface area contributed by atoms with Crippen molar-refractivity contribution in [2.75, 3.05) is 0 Å². The Kier molecular flexibility index (Phi) is 18.7. The summed E-state index contributed by atoms with van der Waals surface area (Å²) in [5, 5.41) is 0. The van der Waals surface area contributed by atoms with Crippen LogP contribution in [0.3, 0.4) is 0 Å². The fourth-order valence-electron chi connectivity index (χ4n) is 8.66. The van der Waals surface area contributed by atoms with Crippen molar-refractivity contribution in [2.45, 2.75) is 158 Å². The van der Waals surface area contributed by atoms with Crippen molar-refractivity contribution in [3.63, 3.8) is 0 Å². The van der Waals surface area contributed by atoms with E-state index in [4.69, 9.17) is 20.0 Å². The minimum atomic E-state index is -0.556. The Morgan fingerprint density at radius 3 is 0.762 bits per heavy atom. The fraction of sp³-hybridized carbons (Fsp3) is 0.444. The molecule has 0 aliphatic heterocycles. The van der Waals surface area contributed by atoms with Gasteiger partial charge in [0.15, 0.2) is 0 Å². The standard InChI is InChI=1S/2C27H37N3.Cl2Ge/c2*1-17(2)21-11-9-12-22(18(3)4)25(21)29-15-16-30(27(29)28)26-23(19(5)6)13-10-14-24(26)20(7)8;1-3-2/h2*9-20,28H,1-8H3;. The van der Waals surface area contributed by atoms with E-state index in [1.807, 2.05) is 0 Å². The maximum absolute atomic E-state index is 9.18. The first kappa shape index (κ1) is 51.7. The second-order valence-electron chi connectivity index (χ2n) is 19.2. The van der Waals surface area contributed by atoms with E-state index in [-0.39, 0.29) is 0 Å². The molecular weight excluding hydrogens is 876 g/mol. The van der Waals surface area contributed by atoms with Crippen molar-refractivity contribution >= 4 is 45.5 Å². The molecule has 0 saturated heterocycles.